The molecule has 2 aromatic carbocycles. The molecule has 1 saturated carbocycles. The molecular formula is C34H37FN8O3. The van der Waals surface area contributed by atoms with Crippen molar-refractivity contribution in [1.29, 1.82) is 0 Å². The molecule has 0 radical (unpaired) electrons. The van der Waals surface area contributed by atoms with Crippen molar-refractivity contribution in [2.75, 3.05) is 36.8 Å². The number of para-hydroxylation sites is 1. The topological polar surface area (TPSA) is 142 Å². The zero-order chi connectivity index (χ0) is 31.8. The lowest BCUT2D eigenvalue weighted by Gasteiger charge is -2.42. The van der Waals surface area contributed by atoms with E-state index in [4.69, 9.17) is 5.73 Å². The molecule has 238 valence electrons. The van der Waals surface area contributed by atoms with Crippen molar-refractivity contribution >= 4 is 23.3 Å². The number of nitrogen functional groups attached to an aromatic ring is 1. The molecule has 3 aliphatic rings. The summed E-state index contributed by atoms with van der Waals surface area (Å²) in [6.45, 7) is 3.20. The van der Waals surface area contributed by atoms with Gasteiger partial charge in [-0.1, -0.05) is 18.2 Å². The first kappa shape index (κ1) is 29.8. The number of benzene rings is 2. The summed E-state index contributed by atoms with van der Waals surface area (Å²) >= 11 is 0. The van der Waals surface area contributed by atoms with Gasteiger partial charge < -0.3 is 15.7 Å². The monoisotopic (exact) mass is 624 g/mol. The Hall–Kier alpha value is -4.84. The number of piperazine rings is 1. The highest BCUT2D eigenvalue weighted by Crippen LogP contribution is 2.36. The first-order valence-corrected chi connectivity index (χ1v) is 15.9. The Balaban J connectivity index is 0.939. The maximum atomic E-state index is 15.2. The van der Waals surface area contributed by atoms with E-state index in [-0.39, 0.29) is 35.8 Å². The summed E-state index contributed by atoms with van der Waals surface area (Å²) in [6, 6.07) is 14.7. The van der Waals surface area contributed by atoms with Crippen molar-refractivity contribution in [3.63, 3.8) is 0 Å². The van der Waals surface area contributed by atoms with Gasteiger partial charge in [0, 0.05) is 61.5 Å². The predicted molar refractivity (Wildman–Crippen MR) is 171 cm³/mol. The molecule has 3 fully saturated rings. The fourth-order valence-electron chi connectivity index (χ4n) is 7.15. The van der Waals surface area contributed by atoms with Crippen LogP contribution in [-0.4, -0.2) is 74.0 Å². The van der Waals surface area contributed by atoms with Gasteiger partial charge in [0.15, 0.2) is 5.82 Å². The van der Waals surface area contributed by atoms with Gasteiger partial charge in [0.25, 0.3) is 0 Å². The number of nitrogens with one attached hydrogen (secondary N) is 1. The summed E-state index contributed by atoms with van der Waals surface area (Å²) in [5.74, 6) is -0.995. The van der Waals surface area contributed by atoms with E-state index in [2.05, 4.69) is 30.4 Å². The van der Waals surface area contributed by atoms with Crippen LogP contribution < -0.4 is 16.0 Å². The third-order valence-electron chi connectivity index (χ3n) is 9.74. The number of phenols is 1. The maximum Gasteiger partial charge on any atom is 0.234 e. The number of hydrogen-bond acceptors (Lipinski definition) is 9. The Morgan fingerprint density at radius 3 is 2.39 bits per heavy atom. The van der Waals surface area contributed by atoms with Crippen molar-refractivity contribution in [3.05, 3.63) is 72.3 Å². The van der Waals surface area contributed by atoms with Crippen LogP contribution in [0.1, 0.15) is 56.0 Å². The van der Waals surface area contributed by atoms with Gasteiger partial charge in [0.05, 0.1) is 29.5 Å². The van der Waals surface area contributed by atoms with E-state index in [0.717, 1.165) is 63.0 Å². The number of nitrogens with zero attached hydrogens (tertiary/aromatic N) is 6. The molecule has 11 nitrogen and oxygen atoms in total. The molecule has 4 aromatic rings. The molecule has 4 heterocycles. The number of anilines is 2. The van der Waals surface area contributed by atoms with Crippen LogP contribution in [0.3, 0.4) is 0 Å². The van der Waals surface area contributed by atoms with E-state index < -0.39 is 5.92 Å². The molecule has 4 N–H and O–H groups in total. The van der Waals surface area contributed by atoms with E-state index >= 15 is 4.39 Å². The Labute approximate surface area is 266 Å². The first-order valence-electron chi connectivity index (χ1n) is 15.9. The minimum atomic E-state index is -0.491. The van der Waals surface area contributed by atoms with Gasteiger partial charge in [-0.3, -0.25) is 24.5 Å². The summed E-state index contributed by atoms with van der Waals surface area (Å²) in [4.78, 5) is 28.3. The number of halogens is 1. The average Bonchev–Trinajstić information content (AvgIpc) is 3.56. The third kappa shape index (κ3) is 5.92. The van der Waals surface area contributed by atoms with Crippen LogP contribution in [0.2, 0.25) is 0 Å². The third-order valence-corrected chi connectivity index (χ3v) is 9.74. The van der Waals surface area contributed by atoms with Gasteiger partial charge in [0.1, 0.15) is 11.6 Å². The molecule has 1 atom stereocenters. The SMILES string of the molecule is Nc1nnc(-c2ccccc2O)cc1-c1cnn([C@H]2CC[C@H](N3CCN(c4ccc(C5CCC(=O)NC5=O)cc4F)CC3)CC2)c1. The van der Waals surface area contributed by atoms with Crippen molar-refractivity contribution < 1.29 is 19.1 Å². The quantitative estimate of drug-likeness (QED) is 0.268. The highest BCUT2D eigenvalue weighted by Gasteiger charge is 2.31. The number of imide groups is 1. The number of aromatic nitrogens is 4. The van der Waals surface area contributed by atoms with Crippen LogP contribution in [0.15, 0.2) is 60.9 Å². The number of phenolic OH excluding ortho intramolecular Hbond substituents is 1. The second-order valence-electron chi connectivity index (χ2n) is 12.5. The van der Waals surface area contributed by atoms with Gasteiger partial charge in [-0.25, -0.2) is 4.39 Å². The lowest BCUT2D eigenvalue weighted by Crippen LogP contribution is -2.51. The van der Waals surface area contributed by atoms with Crippen molar-refractivity contribution in [2.45, 2.75) is 56.5 Å². The van der Waals surface area contributed by atoms with E-state index in [1.54, 1.807) is 24.3 Å². The van der Waals surface area contributed by atoms with E-state index in [9.17, 15) is 14.7 Å². The molecule has 46 heavy (non-hydrogen) atoms. The molecule has 2 amide bonds. The minimum absolute atomic E-state index is 0.134. The average molecular weight is 625 g/mol. The Morgan fingerprint density at radius 1 is 0.891 bits per heavy atom. The Morgan fingerprint density at radius 2 is 1.65 bits per heavy atom. The number of piperidine rings is 1. The summed E-state index contributed by atoms with van der Waals surface area (Å²) in [6.07, 6.45) is 8.65. The van der Waals surface area contributed by atoms with Crippen LogP contribution in [0.4, 0.5) is 15.9 Å². The number of aromatic hydroxyl groups is 1. The van der Waals surface area contributed by atoms with Gasteiger partial charge >= 0.3 is 0 Å². The van der Waals surface area contributed by atoms with Crippen LogP contribution in [0.5, 0.6) is 5.75 Å². The number of carbonyl (C=O) groups is 2. The molecule has 12 heteroatoms. The predicted octanol–water partition coefficient (Wildman–Crippen LogP) is 4.26. The summed E-state index contributed by atoms with van der Waals surface area (Å²) in [5, 5.41) is 25.6. The number of amides is 2. The molecule has 0 spiro atoms. The highest BCUT2D eigenvalue weighted by molar-refractivity contribution is 6.01. The number of hydrogen-bond donors (Lipinski definition) is 3. The summed E-state index contributed by atoms with van der Waals surface area (Å²) in [7, 11) is 0. The molecule has 0 bridgehead atoms. The molecule has 2 aromatic heterocycles. The molecule has 7 rings (SSSR count). The van der Waals surface area contributed by atoms with E-state index in [1.807, 2.05) is 35.3 Å². The van der Waals surface area contributed by atoms with E-state index in [1.165, 1.54) is 6.07 Å². The van der Waals surface area contributed by atoms with Crippen molar-refractivity contribution in [1.82, 2.24) is 30.2 Å². The summed E-state index contributed by atoms with van der Waals surface area (Å²) in [5.41, 5.74) is 10.1. The highest BCUT2D eigenvalue weighted by atomic mass is 19.1. The number of carbonyl (C=O) groups excluding carboxylic acids is 2. The molecular weight excluding hydrogens is 587 g/mol. The zero-order valence-electron chi connectivity index (χ0n) is 25.5. The van der Waals surface area contributed by atoms with Crippen molar-refractivity contribution in [3.8, 4) is 28.1 Å². The molecule has 2 aliphatic heterocycles. The van der Waals surface area contributed by atoms with Gasteiger partial charge in [-0.05, 0) is 68.0 Å². The standard InChI is InChI=1S/C34H37FN8O3/c35-28-17-21(25-10-12-32(45)38-34(25)46)5-11-30(28)42-15-13-41(14-16-42)23-6-8-24(9-7-23)43-20-22(19-37-43)27-18-29(39-40-33(27)36)26-3-1-2-4-31(26)44/h1-5,11,17-20,23-25,44H,6-10,12-16H2,(H2,36,40)(H,38,45,46)/t23-,24-,25?. The molecule has 2 saturated heterocycles. The maximum absolute atomic E-state index is 15.2. The Kier molecular flexibility index (Phi) is 8.12. The van der Waals surface area contributed by atoms with Crippen LogP contribution in [0.25, 0.3) is 22.4 Å². The number of nitrogens with two attached hydrogens (primary N) is 1. The zero-order valence-corrected chi connectivity index (χ0v) is 25.5. The smallest absolute Gasteiger partial charge is 0.234 e. The molecule has 1 aliphatic carbocycles. The van der Waals surface area contributed by atoms with Gasteiger partial charge in [-0.15, -0.1) is 10.2 Å². The van der Waals surface area contributed by atoms with Crippen molar-refractivity contribution in [2.24, 2.45) is 0 Å². The second kappa shape index (κ2) is 12.5. The first-order chi connectivity index (χ1) is 22.3. The fourth-order valence-corrected chi connectivity index (χ4v) is 7.15. The summed E-state index contributed by atoms with van der Waals surface area (Å²) < 4.78 is 17.2. The van der Waals surface area contributed by atoms with Crippen LogP contribution >= 0.6 is 0 Å². The Bertz CT molecular complexity index is 1760. The van der Waals surface area contributed by atoms with Crippen LogP contribution in [0, 0.1) is 5.82 Å². The van der Waals surface area contributed by atoms with Gasteiger partial charge in [0.2, 0.25) is 11.8 Å². The second-order valence-corrected chi connectivity index (χ2v) is 12.5. The van der Waals surface area contributed by atoms with Gasteiger partial charge in [-0.2, -0.15) is 5.10 Å². The number of rotatable bonds is 6. The normalized spacial score (nSPS) is 22.5. The largest absolute Gasteiger partial charge is 0.507 e. The van der Waals surface area contributed by atoms with E-state index in [0.29, 0.717) is 40.8 Å². The fraction of sp³-hybridized carbons (Fsp3) is 0.382. The lowest BCUT2D eigenvalue weighted by atomic mass is 9.89. The minimum Gasteiger partial charge on any atom is -0.507 e. The molecule has 1 unspecified atom stereocenters. The lowest BCUT2D eigenvalue weighted by molar-refractivity contribution is -0.134. The van der Waals surface area contributed by atoms with Crippen LogP contribution in [-0.2, 0) is 9.59 Å².